The second-order valence-electron chi connectivity index (χ2n) is 39.5. The number of nitrogens with zero attached hydrogens (tertiary/aromatic N) is 4. The highest BCUT2D eigenvalue weighted by molar-refractivity contribution is 6.03. The van der Waals surface area contributed by atoms with Gasteiger partial charge in [0.05, 0.1) is 5.56 Å². The number of rotatable bonds is 4. The molecule has 12 aromatic carbocycles. The smallest absolute Gasteiger partial charge is 0.201 e. The summed E-state index contributed by atoms with van der Waals surface area (Å²) in [4.78, 5) is 0. The van der Waals surface area contributed by atoms with E-state index < -0.39 is 0 Å². The van der Waals surface area contributed by atoms with Crippen molar-refractivity contribution >= 4 is 43.1 Å². The van der Waals surface area contributed by atoms with E-state index in [2.05, 4.69) is 477 Å². The molecule has 0 fully saturated rings. The predicted octanol–water partition coefficient (Wildman–Crippen LogP) is 27.5. The van der Waals surface area contributed by atoms with E-state index in [9.17, 15) is 0 Å². The van der Waals surface area contributed by atoms with Gasteiger partial charge in [0, 0.05) is 70.6 Å². The highest BCUT2D eigenvalue weighted by Crippen LogP contribution is 2.61. The lowest BCUT2D eigenvalue weighted by molar-refractivity contribution is -0.660. The standard InChI is InChI=1S/4C29H30N/c1-19-17-23-25(18-22(19)26-13-9-10-16-30(26)6)29(4,5)28(2,3)24-15-14-20-11-7-8-12-21(20)27(23)24;1-19-17-24-22-15-14-20-11-7-8-12-21(20)27(22)29(4,5)28(2,3)25(24)18-23(19)26-13-9-10-16-30(26)6;1-19-14-15-23-27(26(19)25-13-9-10-16-30(25)6)22-17-20-11-7-8-12-21(20)18-24(22)29(4,5)28(23,2)3;1-19-15-23-24-16-20-11-7-8-12-21(20)17-25(24)28(2,3)29(4,5)26(23)18-22(19)27-13-9-10-14-30(27)6/h4*7-18H,1-6H3/q4*+1. The maximum Gasteiger partial charge on any atom is 0.213 e. The van der Waals surface area contributed by atoms with Gasteiger partial charge in [-0.3, -0.25) is 0 Å². The molecule has 0 bridgehead atoms. The van der Waals surface area contributed by atoms with Crippen LogP contribution in [0, 0.1) is 27.7 Å². The van der Waals surface area contributed by atoms with Crippen LogP contribution in [0.25, 0.3) is 133 Å². The van der Waals surface area contributed by atoms with Crippen molar-refractivity contribution in [2.24, 2.45) is 28.2 Å². The van der Waals surface area contributed by atoms with Crippen LogP contribution in [-0.4, -0.2) is 0 Å². The van der Waals surface area contributed by atoms with Crippen molar-refractivity contribution in [1.82, 2.24) is 0 Å². The Balaban J connectivity index is 0.000000114. The Morgan fingerprint density at radius 2 is 0.475 bits per heavy atom. The molecule has 0 radical (unpaired) electrons. The normalized spacial score (nSPS) is 16.2. The van der Waals surface area contributed by atoms with Gasteiger partial charge in [-0.25, -0.2) is 18.3 Å². The van der Waals surface area contributed by atoms with E-state index in [4.69, 9.17) is 0 Å². The number of benzene rings is 12. The summed E-state index contributed by atoms with van der Waals surface area (Å²) in [6.07, 6.45) is 8.54. The number of hydrogen-bond donors (Lipinski definition) is 0. The molecule has 4 heterocycles. The zero-order chi connectivity index (χ0) is 85.0. The summed E-state index contributed by atoms with van der Waals surface area (Å²) < 4.78 is 8.91. The van der Waals surface area contributed by atoms with Crippen LogP contribution < -0.4 is 18.3 Å². The molecule has 0 N–H and O–H groups in total. The van der Waals surface area contributed by atoms with E-state index in [-0.39, 0.29) is 43.3 Å². The fourth-order valence-electron chi connectivity index (χ4n) is 21.1. The molecule has 0 spiro atoms. The fourth-order valence-corrected chi connectivity index (χ4v) is 21.1. The van der Waals surface area contributed by atoms with Crippen molar-refractivity contribution in [3.63, 3.8) is 0 Å². The van der Waals surface area contributed by atoms with Crippen LogP contribution in [0.5, 0.6) is 0 Å². The molecule has 0 amide bonds. The lowest BCUT2D eigenvalue weighted by atomic mass is 9.54. The van der Waals surface area contributed by atoms with E-state index >= 15 is 0 Å². The van der Waals surface area contributed by atoms with Gasteiger partial charge in [-0.1, -0.05) is 262 Å². The van der Waals surface area contributed by atoms with Crippen LogP contribution >= 0.6 is 0 Å². The summed E-state index contributed by atoms with van der Waals surface area (Å²) >= 11 is 0. The van der Waals surface area contributed by atoms with E-state index in [1.54, 1.807) is 0 Å². The lowest BCUT2D eigenvalue weighted by Crippen LogP contribution is -2.44. The van der Waals surface area contributed by atoms with Gasteiger partial charge in [0.1, 0.15) is 28.2 Å². The molecule has 0 atom stereocenters. The Kier molecular flexibility index (Phi) is 19.5. The zero-order valence-corrected chi connectivity index (χ0v) is 75.5. The summed E-state index contributed by atoms with van der Waals surface area (Å²) in [5.74, 6) is 0. The van der Waals surface area contributed by atoms with Crippen molar-refractivity contribution in [2.45, 2.75) is 182 Å². The van der Waals surface area contributed by atoms with E-state index in [1.165, 1.54) is 199 Å². The molecule has 0 unspecified atom stereocenters. The zero-order valence-electron chi connectivity index (χ0n) is 75.5. The van der Waals surface area contributed by atoms with Gasteiger partial charge >= 0.3 is 0 Å². The number of aromatic nitrogens is 4. The lowest BCUT2D eigenvalue weighted by Gasteiger charge is -2.49. The van der Waals surface area contributed by atoms with Crippen molar-refractivity contribution in [3.05, 3.63) is 358 Å². The predicted molar refractivity (Wildman–Crippen MR) is 507 cm³/mol. The van der Waals surface area contributed by atoms with Crippen molar-refractivity contribution in [2.75, 3.05) is 0 Å². The first kappa shape index (κ1) is 80.7. The quantitative estimate of drug-likeness (QED) is 0.156. The molecule has 0 saturated heterocycles. The van der Waals surface area contributed by atoms with Gasteiger partial charge in [0.15, 0.2) is 24.8 Å². The minimum atomic E-state index is -0.00470. The average Bonchev–Trinajstić information content (AvgIpc) is 0.718. The Bertz CT molecular complexity index is 6730. The molecule has 4 nitrogen and oxygen atoms in total. The molecule has 120 heavy (non-hydrogen) atoms. The van der Waals surface area contributed by atoms with Crippen molar-refractivity contribution in [3.8, 4) is 89.5 Å². The van der Waals surface area contributed by atoms with Crippen LogP contribution in [0.15, 0.2) is 292 Å². The molecule has 20 rings (SSSR count). The summed E-state index contributed by atoms with van der Waals surface area (Å²) in [5.41, 5.74) is 38.5. The van der Waals surface area contributed by atoms with Gasteiger partial charge in [0.25, 0.3) is 0 Å². The molecule has 4 aliphatic carbocycles. The molecule has 600 valence electrons. The van der Waals surface area contributed by atoms with Crippen LogP contribution in [0.2, 0.25) is 0 Å². The molecule has 4 aromatic heterocycles. The largest absolute Gasteiger partial charge is 0.213 e. The van der Waals surface area contributed by atoms with Crippen molar-refractivity contribution < 1.29 is 18.3 Å². The number of aryl methyl sites for hydroxylation is 8. The van der Waals surface area contributed by atoms with Crippen LogP contribution in [0.1, 0.15) is 178 Å². The third-order valence-electron chi connectivity index (χ3n) is 31.1. The molecule has 4 heteroatoms. The molecule has 16 aromatic rings. The summed E-state index contributed by atoms with van der Waals surface area (Å²) in [6.45, 7) is 47.6. The van der Waals surface area contributed by atoms with E-state index in [1.807, 2.05) is 0 Å². The van der Waals surface area contributed by atoms with Gasteiger partial charge in [-0.2, -0.15) is 0 Å². The maximum atomic E-state index is 2.46. The topological polar surface area (TPSA) is 15.5 Å². The van der Waals surface area contributed by atoms with E-state index in [0.717, 1.165) is 0 Å². The summed E-state index contributed by atoms with van der Waals surface area (Å²) in [6, 6.07) is 99.3. The second kappa shape index (κ2) is 29.0. The van der Waals surface area contributed by atoms with Crippen LogP contribution in [0.3, 0.4) is 0 Å². The summed E-state index contributed by atoms with van der Waals surface area (Å²) in [5, 5.41) is 10.7. The minimum Gasteiger partial charge on any atom is -0.201 e. The third kappa shape index (κ3) is 12.5. The first-order valence-corrected chi connectivity index (χ1v) is 43.4. The maximum absolute atomic E-state index is 2.46. The van der Waals surface area contributed by atoms with Crippen LogP contribution in [-0.2, 0) is 71.5 Å². The Labute approximate surface area is 714 Å². The van der Waals surface area contributed by atoms with Gasteiger partial charge in [0.2, 0.25) is 22.8 Å². The SMILES string of the molecule is Cc1cc2c(cc1-c1cccc[n+]1C)C(C)(C)C(C)(C)c1c-2ccc2ccccc12.Cc1cc2c(cc1-c1cccc[n+]1C)C(C)(C)C(C)(C)c1cc3ccccc3cc1-2.Cc1cc2c(cc1-c1cccc[n+]1C)C(C)(C)C(C)(C)c1ccc3ccccc3c1-2.Cc1ccc2c(c1-c1cccc[n+]1C)-c1cc3ccccc3cc1C(C)(C)C2(C)C. The van der Waals surface area contributed by atoms with Gasteiger partial charge in [-0.05, 0) is 287 Å². The number of hydrogen-bond acceptors (Lipinski definition) is 0. The average molecular weight is 1570 g/mol. The first-order chi connectivity index (χ1) is 56.9. The Morgan fingerprint density at radius 1 is 0.183 bits per heavy atom. The minimum absolute atomic E-state index is 0.00159. The number of fused-ring (bicyclic) bond motifs is 18. The Morgan fingerprint density at radius 3 is 0.925 bits per heavy atom. The highest BCUT2D eigenvalue weighted by Gasteiger charge is 2.52. The first-order valence-electron chi connectivity index (χ1n) is 43.4. The fraction of sp³-hybridized carbons (Fsp3) is 0.276. The van der Waals surface area contributed by atoms with Crippen molar-refractivity contribution in [1.29, 1.82) is 0 Å². The second-order valence-corrected chi connectivity index (χ2v) is 39.5. The monoisotopic (exact) mass is 1570 g/mol. The molecule has 4 aliphatic rings. The molecule has 0 saturated carbocycles. The molecular formula is C116H120N4+4. The Hall–Kier alpha value is -11.7. The summed E-state index contributed by atoms with van der Waals surface area (Å²) in [7, 11) is 8.54. The van der Waals surface area contributed by atoms with Gasteiger partial charge in [-0.15, -0.1) is 0 Å². The molecular weight excluding hydrogens is 1450 g/mol. The van der Waals surface area contributed by atoms with E-state index in [0.29, 0.717) is 0 Å². The van der Waals surface area contributed by atoms with Gasteiger partial charge < -0.3 is 0 Å². The van der Waals surface area contributed by atoms with Crippen LogP contribution in [0.4, 0.5) is 0 Å². The highest BCUT2D eigenvalue weighted by atomic mass is 14.9. The third-order valence-corrected chi connectivity index (χ3v) is 31.1. The number of pyridine rings is 4. The molecule has 0 aliphatic heterocycles.